The van der Waals surface area contributed by atoms with E-state index >= 15 is 0 Å². The number of aromatic nitrogens is 1. The highest BCUT2D eigenvalue weighted by atomic mass is 32.1. The number of pyridine rings is 1. The number of aryl methyl sites for hydroxylation is 1. The van der Waals surface area contributed by atoms with E-state index in [0.29, 0.717) is 18.1 Å². The molecule has 1 rings (SSSR count). The summed E-state index contributed by atoms with van der Waals surface area (Å²) in [6.07, 6.45) is 0. The molecule has 1 heterocycles. The second kappa shape index (κ2) is 6.11. The fourth-order valence-corrected chi connectivity index (χ4v) is 1.76. The minimum Gasteiger partial charge on any atom is -0.389 e. The molecule has 0 radical (unpaired) electrons. The first kappa shape index (κ1) is 14.9. The van der Waals surface area contributed by atoms with Gasteiger partial charge in [-0.15, -0.1) is 0 Å². The first-order valence-corrected chi connectivity index (χ1v) is 6.41. The van der Waals surface area contributed by atoms with Gasteiger partial charge in [-0.25, -0.2) is 4.98 Å². The van der Waals surface area contributed by atoms with Crippen LogP contribution in [0.1, 0.15) is 32.0 Å². The molecule has 5 heteroatoms. The molecular formula is C13H21N3OS. The van der Waals surface area contributed by atoms with Gasteiger partial charge in [-0.05, 0) is 39.8 Å². The quantitative estimate of drug-likeness (QED) is 0.774. The summed E-state index contributed by atoms with van der Waals surface area (Å²) >= 11 is 4.98. The van der Waals surface area contributed by atoms with Crippen LogP contribution >= 0.6 is 12.2 Å². The monoisotopic (exact) mass is 267 g/mol. The van der Waals surface area contributed by atoms with E-state index in [1.165, 1.54) is 0 Å². The highest BCUT2D eigenvalue weighted by molar-refractivity contribution is 7.80. The maximum absolute atomic E-state index is 5.63. The van der Waals surface area contributed by atoms with Crippen LogP contribution in [0.4, 0.5) is 5.82 Å². The highest BCUT2D eigenvalue weighted by Crippen LogP contribution is 2.14. The van der Waals surface area contributed by atoms with Crippen LogP contribution in [0, 0.1) is 6.92 Å². The molecular weight excluding hydrogens is 246 g/mol. The van der Waals surface area contributed by atoms with Crippen LogP contribution < -0.4 is 11.1 Å². The van der Waals surface area contributed by atoms with Crippen LogP contribution in [0.15, 0.2) is 12.1 Å². The zero-order chi connectivity index (χ0) is 13.8. The minimum atomic E-state index is -0.233. The van der Waals surface area contributed by atoms with Crippen molar-refractivity contribution >= 4 is 23.0 Å². The van der Waals surface area contributed by atoms with Crippen molar-refractivity contribution in [1.82, 2.24) is 4.98 Å². The van der Waals surface area contributed by atoms with Crippen LogP contribution in [0.3, 0.4) is 0 Å². The van der Waals surface area contributed by atoms with E-state index in [4.69, 9.17) is 22.7 Å². The zero-order valence-corrected chi connectivity index (χ0v) is 12.2. The van der Waals surface area contributed by atoms with Gasteiger partial charge in [0.05, 0.1) is 5.60 Å². The summed E-state index contributed by atoms with van der Waals surface area (Å²) in [5, 5.41) is 3.25. The van der Waals surface area contributed by atoms with Gasteiger partial charge in [-0.2, -0.15) is 0 Å². The molecule has 1 aromatic heterocycles. The Morgan fingerprint density at radius 1 is 1.50 bits per heavy atom. The smallest absolute Gasteiger partial charge is 0.127 e. The lowest BCUT2D eigenvalue weighted by Gasteiger charge is -2.25. The minimum absolute atomic E-state index is 0.233. The molecule has 0 aliphatic rings. The number of nitrogens with two attached hydrogens (primary N) is 1. The molecule has 4 nitrogen and oxygen atoms in total. The van der Waals surface area contributed by atoms with Crippen LogP contribution in [0.5, 0.6) is 0 Å². The Kier molecular flexibility index (Phi) is 5.04. The summed E-state index contributed by atoms with van der Waals surface area (Å²) in [6.45, 7) is 9.34. The van der Waals surface area contributed by atoms with Crippen molar-refractivity contribution in [2.45, 2.75) is 33.3 Å². The van der Waals surface area contributed by atoms with Gasteiger partial charge in [0, 0.05) is 24.4 Å². The number of nitrogens with one attached hydrogen (secondary N) is 1. The molecule has 0 unspecified atom stereocenters. The molecule has 0 aromatic carbocycles. The van der Waals surface area contributed by atoms with Crippen molar-refractivity contribution in [3.05, 3.63) is 23.4 Å². The Labute approximate surface area is 114 Å². The molecule has 0 saturated carbocycles. The van der Waals surface area contributed by atoms with Crippen LogP contribution in [0.2, 0.25) is 0 Å². The molecule has 0 amide bonds. The normalized spacial score (nSPS) is 11.3. The van der Waals surface area contributed by atoms with Crippen molar-refractivity contribution in [1.29, 1.82) is 0 Å². The molecule has 1 aromatic rings. The molecule has 100 valence electrons. The molecule has 0 fully saturated rings. The summed E-state index contributed by atoms with van der Waals surface area (Å²) < 4.78 is 5.62. The first-order valence-electron chi connectivity index (χ1n) is 6.00. The Morgan fingerprint density at radius 3 is 2.72 bits per heavy atom. The first-order chi connectivity index (χ1) is 8.34. The number of nitrogens with zero attached hydrogens (tertiary/aromatic N) is 1. The van der Waals surface area contributed by atoms with E-state index in [1.54, 1.807) is 0 Å². The molecule has 0 spiro atoms. The summed E-state index contributed by atoms with van der Waals surface area (Å²) in [5.74, 6) is 0.769. The van der Waals surface area contributed by atoms with Gasteiger partial charge in [0.1, 0.15) is 10.8 Å². The van der Waals surface area contributed by atoms with E-state index in [0.717, 1.165) is 17.1 Å². The standard InChI is InChI=1S/C13H21N3OS/c1-5-17-13(3,4)8-15-11-7-10(12(14)18)6-9(2)16-11/h6-7H,5,8H2,1-4H3,(H2,14,18)(H,15,16). The third-order valence-electron chi connectivity index (χ3n) is 2.47. The van der Waals surface area contributed by atoms with Crippen molar-refractivity contribution in [2.24, 2.45) is 5.73 Å². The van der Waals surface area contributed by atoms with Gasteiger partial charge in [0.25, 0.3) is 0 Å². The number of ether oxygens (including phenoxy) is 1. The Bertz CT molecular complexity index is 432. The molecule has 0 aliphatic carbocycles. The molecule has 0 bridgehead atoms. The number of thiocarbonyl (C=S) groups is 1. The third-order valence-corrected chi connectivity index (χ3v) is 2.70. The van der Waals surface area contributed by atoms with Crippen LogP contribution in [0.25, 0.3) is 0 Å². The largest absolute Gasteiger partial charge is 0.389 e. The second-order valence-corrected chi connectivity index (χ2v) is 5.23. The summed E-state index contributed by atoms with van der Waals surface area (Å²) in [7, 11) is 0. The SMILES string of the molecule is CCOC(C)(C)CNc1cc(C(N)=S)cc(C)n1. The van der Waals surface area contributed by atoms with Crippen molar-refractivity contribution < 1.29 is 4.74 Å². The number of anilines is 1. The maximum Gasteiger partial charge on any atom is 0.127 e. The van der Waals surface area contributed by atoms with Gasteiger partial charge < -0.3 is 15.8 Å². The van der Waals surface area contributed by atoms with E-state index in [2.05, 4.69) is 10.3 Å². The van der Waals surface area contributed by atoms with Crippen LogP contribution in [-0.4, -0.2) is 28.7 Å². The number of hydrogen-bond donors (Lipinski definition) is 2. The highest BCUT2D eigenvalue weighted by Gasteiger charge is 2.17. The van der Waals surface area contributed by atoms with Crippen molar-refractivity contribution in [3.8, 4) is 0 Å². The lowest BCUT2D eigenvalue weighted by molar-refractivity contribution is 0.000640. The lowest BCUT2D eigenvalue weighted by atomic mass is 10.1. The fraction of sp³-hybridized carbons (Fsp3) is 0.538. The Hall–Kier alpha value is -1.20. The topological polar surface area (TPSA) is 60.2 Å². The maximum atomic E-state index is 5.63. The van der Waals surface area contributed by atoms with Gasteiger partial charge in [-0.1, -0.05) is 12.2 Å². The predicted molar refractivity (Wildman–Crippen MR) is 79.1 cm³/mol. The van der Waals surface area contributed by atoms with Gasteiger partial charge in [0.15, 0.2) is 0 Å². The molecule has 0 saturated heterocycles. The summed E-state index contributed by atoms with van der Waals surface area (Å²) in [4.78, 5) is 4.78. The van der Waals surface area contributed by atoms with Gasteiger partial charge >= 0.3 is 0 Å². The van der Waals surface area contributed by atoms with E-state index in [1.807, 2.05) is 39.8 Å². The van der Waals surface area contributed by atoms with E-state index in [-0.39, 0.29) is 5.60 Å². The summed E-state index contributed by atoms with van der Waals surface area (Å²) in [5.41, 5.74) is 7.11. The number of rotatable bonds is 6. The van der Waals surface area contributed by atoms with Crippen molar-refractivity contribution in [2.75, 3.05) is 18.5 Å². The average Bonchev–Trinajstić information content (AvgIpc) is 2.26. The lowest BCUT2D eigenvalue weighted by Crippen LogP contribution is -2.33. The van der Waals surface area contributed by atoms with Crippen LogP contribution in [-0.2, 0) is 4.74 Å². The van der Waals surface area contributed by atoms with Gasteiger partial charge in [-0.3, -0.25) is 0 Å². The predicted octanol–water partition coefficient (Wildman–Crippen LogP) is 2.25. The molecule has 3 N–H and O–H groups in total. The summed E-state index contributed by atoms with van der Waals surface area (Å²) in [6, 6.07) is 3.73. The number of hydrogen-bond acceptors (Lipinski definition) is 4. The molecule has 0 aliphatic heterocycles. The van der Waals surface area contributed by atoms with Crippen molar-refractivity contribution in [3.63, 3.8) is 0 Å². The van der Waals surface area contributed by atoms with Gasteiger partial charge in [0.2, 0.25) is 0 Å². The second-order valence-electron chi connectivity index (χ2n) is 4.79. The molecule has 18 heavy (non-hydrogen) atoms. The average molecular weight is 267 g/mol. The third kappa shape index (κ3) is 4.58. The van der Waals surface area contributed by atoms with E-state index < -0.39 is 0 Å². The van der Waals surface area contributed by atoms with E-state index in [9.17, 15) is 0 Å². The Balaban J connectivity index is 2.76. The molecule has 0 atom stereocenters. The Morgan fingerprint density at radius 2 is 2.17 bits per heavy atom. The fourth-order valence-electron chi connectivity index (χ4n) is 1.65. The zero-order valence-electron chi connectivity index (χ0n) is 11.4.